The Bertz CT molecular complexity index is 388. The number of hydrogen-bond acceptors (Lipinski definition) is 3. The van der Waals surface area contributed by atoms with Crippen molar-refractivity contribution >= 4 is 0 Å². The molecule has 2 unspecified atom stereocenters. The molecule has 1 rings (SSSR count). The van der Waals surface area contributed by atoms with Crippen molar-refractivity contribution < 1.29 is 27.8 Å². The van der Waals surface area contributed by atoms with Crippen molar-refractivity contribution in [3.8, 4) is 0 Å². The van der Waals surface area contributed by atoms with E-state index in [2.05, 4.69) is 5.32 Å². The van der Waals surface area contributed by atoms with E-state index in [1.165, 1.54) is 7.05 Å². The van der Waals surface area contributed by atoms with E-state index in [1.54, 1.807) is 0 Å². The highest BCUT2D eigenvalue weighted by Gasteiger charge is 2.29. The van der Waals surface area contributed by atoms with Gasteiger partial charge >= 0.3 is 0 Å². The average molecular weight is 253 g/mol. The predicted octanol–water partition coefficient (Wildman–Crippen LogP) is 0.857. The maximum absolute atomic E-state index is 13.2. The van der Waals surface area contributed by atoms with Crippen LogP contribution in [0.3, 0.4) is 0 Å². The summed E-state index contributed by atoms with van der Waals surface area (Å²) in [6.07, 6.45) is -3.65. The van der Waals surface area contributed by atoms with Gasteiger partial charge in [-0.2, -0.15) is 0 Å². The van der Waals surface area contributed by atoms with Gasteiger partial charge in [-0.3, -0.25) is 0 Å². The van der Waals surface area contributed by atoms with Gasteiger partial charge in [-0.25, -0.2) is 17.6 Å². The monoisotopic (exact) mass is 253 g/mol. The lowest BCUT2D eigenvalue weighted by Crippen LogP contribution is -2.31. The van der Waals surface area contributed by atoms with Crippen molar-refractivity contribution in [2.24, 2.45) is 0 Å². The second-order valence-electron chi connectivity index (χ2n) is 3.45. The van der Waals surface area contributed by atoms with E-state index in [0.29, 0.717) is 0 Å². The molecule has 3 nitrogen and oxygen atoms in total. The fraction of sp³-hybridized carbons (Fsp3) is 0.400. The Morgan fingerprint density at radius 3 is 2.00 bits per heavy atom. The summed E-state index contributed by atoms with van der Waals surface area (Å²) in [5.41, 5.74) is -1.22. The van der Waals surface area contributed by atoms with Crippen molar-refractivity contribution in [3.63, 3.8) is 0 Å². The summed E-state index contributed by atoms with van der Waals surface area (Å²) in [6.45, 7) is -0.196. The van der Waals surface area contributed by atoms with Crippen LogP contribution >= 0.6 is 0 Å². The summed E-state index contributed by atoms with van der Waals surface area (Å²) in [7, 11) is 1.43. The molecule has 0 heterocycles. The minimum atomic E-state index is -2.06. The zero-order valence-electron chi connectivity index (χ0n) is 8.85. The quantitative estimate of drug-likeness (QED) is 0.551. The Labute approximate surface area is 94.7 Å². The zero-order chi connectivity index (χ0) is 13.2. The molecule has 0 spiro atoms. The van der Waals surface area contributed by atoms with Gasteiger partial charge in [0.1, 0.15) is 6.10 Å². The van der Waals surface area contributed by atoms with E-state index in [-0.39, 0.29) is 12.6 Å². The minimum absolute atomic E-state index is 0.0331. The normalized spacial score (nSPS) is 14.8. The van der Waals surface area contributed by atoms with Gasteiger partial charge in [-0.1, -0.05) is 0 Å². The van der Waals surface area contributed by atoms with Crippen LogP contribution in [0.4, 0.5) is 17.6 Å². The maximum atomic E-state index is 13.2. The summed E-state index contributed by atoms with van der Waals surface area (Å²) in [4.78, 5) is 0. The lowest BCUT2D eigenvalue weighted by molar-refractivity contribution is 0.0150. The van der Waals surface area contributed by atoms with Crippen LogP contribution in [-0.2, 0) is 0 Å². The Kier molecular flexibility index (Phi) is 4.44. The zero-order valence-corrected chi connectivity index (χ0v) is 8.85. The molecule has 0 aromatic heterocycles. The van der Waals surface area contributed by atoms with Gasteiger partial charge in [-0.15, -0.1) is 0 Å². The largest absolute Gasteiger partial charge is 0.389 e. The molecule has 0 aliphatic carbocycles. The van der Waals surface area contributed by atoms with Gasteiger partial charge in [0, 0.05) is 12.6 Å². The van der Waals surface area contributed by atoms with Crippen LogP contribution in [0, 0.1) is 23.3 Å². The van der Waals surface area contributed by atoms with Gasteiger partial charge in [0.25, 0.3) is 0 Å². The van der Waals surface area contributed by atoms with Crippen molar-refractivity contribution in [3.05, 3.63) is 34.9 Å². The molecular formula is C10H11F4NO2. The number of benzene rings is 1. The first-order chi connectivity index (χ1) is 7.90. The number of rotatable bonds is 4. The summed E-state index contributed by atoms with van der Waals surface area (Å²) < 4.78 is 52.1. The topological polar surface area (TPSA) is 52.5 Å². The molecule has 0 radical (unpaired) electrons. The van der Waals surface area contributed by atoms with Gasteiger partial charge in [0.15, 0.2) is 23.3 Å². The van der Waals surface area contributed by atoms with Gasteiger partial charge in [0.2, 0.25) is 0 Å². The Balaban J connectivity index is 3.20. The van der Waals surface area contributed by atoms with Crippen LogP contribution in [0.15, 0.2) is 6.07 Å². The molecule has 0 amide bonds. The standard InChI is InChI=1S/C10H11F4NO2/c1-15-3-6(16)10(17)7-8(13)4(11)2-5(12)9(7)14/h2,6,10,15-17H,3H2,1H3. The Morgan fingerprint density at radius 2 is 1.59 bits per heavy atom. The summed E-state index contributed by atoms with van der Waals surface area (Å²) in [6, 6.07) is 0.0331. The highest BCUT2D eigenvalue weighted by atomic mass is 19.2. The summed E-state index contributed by atoms with van der Waals surface area (Å²) >= 11 is 0. The second-order valence-corrected chi connectivity index (χ2v) is 3.45. The van der Waals surface area contributed by atoms with E-state index in [4.69, 9.17) is 0 Å². The van der Waals surface area contributed by atoms with Crippen LogP contribution in [0.1, 0.15) is 11.7 Å². The molecule has 0 aliphatic heterocycles. The first-order valence-corrected chi connectivity index (χ1v) is 4.73. The second kappa shape index (κ2) is 5.44. The van der Waals surface area contributed by atoms with Crippen LogP contribution < -0.4 is 5.32 Å². The third-order valence-corrected chi connectivity index (χ3v) is 2.22. The molecule has 1 aromatic carbocycles. The molecule has 0 fully saturated rings. The number of aliphatic hydroxyl groups excluding tert-OH is 2. The van der Waals surface area contributed by atoms with E-state index in [9.17, 15) is 27.8 Å². The smallest absolute Gasteiger partial charge is 0.167 e. The number of halogens is 4. The molecule has 2 atom stereocenters. The average Bonchev–Trinajstić information content (AvgIpc) is 2.27. The molecule has 0 saturated carbocycles. The highest BCUT2D eigenvalue weighted by molar-refractivity contribution is 5.25. The fourth-order valence-corrected chi connectivity index (χ4v) is 1.36. The molecular weight excluding hydrogens is 242 g/mol. The van der Waals surface area contributed by atoms with Crippen molar-refractivity contribution in [2.45, 2.75) is 12.2 Å². The highest BCUT2D eigenvalue weighted by Crippen LogP contribution is 2.27. The Hall–Kier alpha value is -1.18. The third kappa shape index (κ3) is 2.74. The molecule has 0 bridgehead atoms. The van der Waals surface area contributed by atoms with Crippen LogP contribution in [0.2, 0.25) is 0 Å². The first-order valence-electron chi connectivity index (χ1n) is 4.73. The first kappa shape index (κ1) is 13.9. The fourth-order valence-electron chi connectivity index (χ4n) is 1.36. The lowest BCUT2D eigenvalue weighted by atomic mass is 10.0. The van der Waals surface area contributed by atoms with E-state index in [1.807, 2.05) is 0 Å². The molecule has 96 valence electrons. The molecule has 17 heavy (non-hydrogen) atoms. The van der Waals surface area contributed by atoms with Gasteiger partial charge in [-0.05, 0) is 7.05 Å². The third-order valence-electron chi connectivity index (χ3n) is 2.22. The number of aliphatic hydroxyl groups is 2. The van der Waals surface area contributed by atoms with Crippen molar-refractivity contribution in [2.75, 3.05) is 13.6 Å². The molecule has 1 aromatic rings. The van der Waals surface area contributed by atoms with Crippen LogP contribution in [0.5, 0.6) is 0 Å². The van der Waals surface area contributed by atoms with Gasteiger partial charge in [0.05, 0.1) is 11.7 Å². The van der Waals surface area contributed by atoms with E-state index in [0.717, 1.165) is 0 Å². The maximum Gasteiger partial charge on any atom is 0.167 e. The number of nitrogens with one attached hydrogen (secondary N) is 1. The predicted molar refractivity (Wildman–Crippen MR) is 51.2 cm³/mol. The SMILES string of the molecule is CNCC(O)C(O)c1c(F)c(F)cc(F)c1F. The number of likely N-dealkylation sites (N-methyl/N-ethyl adjacent to an activating group) is 1. The molecule has 0 aliphatic rings. The van der Waals surface area contributed by atoms with Gasteiger partial charge < -0.3 is 15.5 Å². The molecule has 3 N–H and O–H groups in total. The lowest BCUT2D eigenvalue weighted by Gasteiger charge is -2.19. The summed E-state index contributed by atoms with van der Waals surface area (Å²) in [5.74, 6) is -6.69. The molecule has 0 saturated heterocycles. The number of hydrogen-bond donors (Lipinski definition) is 3. The van der Waals surface area contributed by atoms with E-state index < -0.39 is 41.0 Å². The summed E-state index contributed by atoms with van der Waals surface area (Å²) in [5, 5.41) is 21.2. The Morgan fingerprint density at radius 1 is 1.12 bits per heavy atom. The minimum Gasteiger partial charge on any atom is -0.389 e. The van der Waals surface area contributed by atoms with Crippen molar-refractivity contribution in [1.29, 1.82) is 0 Å². The van der Waals surface area contributed by atoms with Crippen LogP contribution in [-0.4, -0.2) is 29.9 Å². The van der Waals surface area contributed by atoms with Crippen LogP contribution in [0.25, 0.3) is 0 Å². The van der Waals surface area contributed by atoms with E-state index >= 15 is 0 Å². The molecule has 7 heteroatoms. The van der Waals surface area contributed by atoms with Crippen molar-refractivity contribution in [1.82, 2.24) is 5.32 Å².